The number of likely N-dealkylation sites (tertiary alicyclic amines) is 1. The minimum Gasteiger partial charge on any atom is -0.493 e. The average Bonchev–Trinajstić information content (AvgIpc) is 3.77. The van der Waals surface area contributed by atoms with E-state index in [1.165, 1.54) is 36.6 Å². The van der Waals surface area contributed by atoms with E-state index in [9.17, 15) is 23.1 Å². The summed E-state index contributed by atoms with van der Waals surface area (Å²) in [6.07, 6.45) is 5.82. The molecule has 7 rings (SSSR count). The molecule has 3 fully saturated rings. The number of methoxy groups -OCH3 is 1. The number of ether oxygens (including phenoxy) is 2. The zero-order chi connectivity index (χ0) is 31.6. The van der Waals surface area contributed by atoms with Gasteiger partial charge >= 0.3 is 6.18 Å². The fourth-order valence-corrected chi connectivity index (χ4v) is 8.98. The number of unbranched alkanes of at least 4 members (excludes halogenated alkanes) is 2. The molecule has 2 bridgehead atoms. The molecule has 2 aromatic carbocycles. The molecule has 6 nitrogen and oxygen atoms in total. The Kier molecular flexibility index (Phi) is 7.71. The third-order valence-electron chi connectivity index (χ3n) is 11.3. The molecule has 1 saturated heterocycles. The first kappa shape index (κ1) is 30.6. The third-order valence-corrected chi connectivity index (χ3v) is 11.3. The topological polar surface area (TPSA) is 62.2 Å². The Labute approximate surface area is 263 Å². The van der Waals surface area contributed by atoms with Crippen molar-refractivity contribution >= 4 is 12.0 Å². The Morgan fingerprint density at radius 1 is 1.18 bits per heavy atom. The molecule has 9 heteroatoms. The second kappa shape index (κ2) is 11.3. The number of carbonyl (C=O) groups is 1. The zero-order valence-corrected chi connectivity index (χ0v) is 26.1. The minimum atomic E-state index is -4.46. The number of halogens is 3. The molecule has 1 N–H and O–H groups in total. The normalized spacial score (nSPS) is 30.2. The van der Waals surface area contributed by atoms with Crippen molar-refractivity contribution in [2.75, 3.05) is 26.7 Å². The van der Waals surface area contributed by atoms with Gasteiger partial charge in [-0.2, -0.15) is 13.2 Å². The van der Waals surface area contributed by atoms with Crippen LogP contribution in [-0.4, -0.2) is 71.3 Å². The monoisotopic (exact) mass is 624 g/mol. The number of nitrogens with zero attached hydrogens (tertiary/aromatic N) is 2. The standard InChI is InChI=1S/C36H43F3N2O4/c1-3-4-5-18-41(30(42)14-11-23-7-6-8-26(20-23)36(37,38)39)27-15-16-35(43)29-21-25-12-13-28(44-2)32-31(25)34(35,33(27)45-32)17-19-40(29)22-24-9-10-24/h6-8,11-14,20,24,27,29,33,43H,3-5,9-10,15-19,21-22H2,1-2H3/t27-,29-,33+,34+,35-/m1/s1. The molecule has 242 valence electrons. The SMILES string of the molecule is CCCCCN(C(=O)C=Cc1cccc(C(F)(F)F)c1)[C@@H]1CC[C@@]2(O)[C@H]3Cc4ccc(OC)c5c4[C@@]2(CCN3CC2CC2)[C@H]1O5. The summed E-state index contributed by atoms with van der Waals surface area (Å²) in [6.45, 7) is 4.50. The summed E-state index contributed by atoms with van der Waals surface area (Å²) in [7, 11) is 1.63. The fraction of sp³-hybridized carbons (Fsp3) is 0.583. The van der Waals surface area contributed by atoms with Crippen LogP contribution < -0.4 is 9.47 Å². The van der Waals surface area contributed by atoms with Crippen molar-refractivity contribution < 1.29 is 32.5 Å². The number of hydrogen-bond donors (Lipinski definition) is 1. The second-order valence-corrected chi connectivity index (χ2v) is 13.8. The number of amides is 1. The molecule has 0 radical (unpaired) electrons. The van der Waals surface area contributed by atoms with Gasteiger partial charge in [0.2, 0.25) is 5.91 Å². The van der Waals surface area contributed by atoms with Crippen LogP contribution in [0, 0.1) is 5.92 Å². The Hall–Kier alpha value is -3.04. The highest BCUT2D eigenvalue weighted by Gasteiger charge is 2.73. The van der Waals surface area contributed by atoms with Gasteiger partial charge in [-0.3, -0.25) is 9.69 Å². The number of alkyl halides is 3. The van der Waals surface area contributed by atoms with Gasteiger partial charge in [0.25, 0.3) is 0 Å². The molecule has 1 amide bonds. The van der Waals surface area contributed by atoms with Gasteiger partial charge in [-0.15, -0.1) is 0 Å². The third kappa shape index (κ3) is 4.96. The Bertz CT molecular complexity index is 1490. The van der Waals surface area contributed by atoms with Crippen LogP contribution in [0.3, 0.4) is 0 Å². The van der Waals surface area contributed by atoms with E-state index in [0.29, 0.717) is 42.4 Å². The smallest absolute Gasteiger partial charge is 0.416 e. The van der Waals surface area contributed by atoms with Crippen LogP contribution in [0.4, 0.5) is 13.2 Å². The summed E-state index contributed by atoms with van der Waals surface area (Å²) >= 11 is 0. The quantitative estimate of drug-likeness (QED) is 0.246. The molecular formula is C36H43F3N2O4. The summed E-state index contributed by atoms with van der Waals surface area (Å²) in [5.74, 6) is 1.80. The Morgan fingerprint density at radius 2 is 2.00 bits per heavy atom. The number of piperidine rings is 1. The van der Waals surface area contributed by atoms with Gasteiger partial charge in [-0.1, -0.05) is 38.0 Å². The summed E-state index contributed by atoms with van der Waals surface area (Å²) in [5, 5.41) is 12.9. The number of carbonyl (C=O) groups excluding carboxylic acids is 1. The van der Waals surface area contributed by atoms with Gasteiger partial charge < -0.3 is 19.5 Å². The van der Waals surface area contributed by atoms with E-state index >= 15 is 0 Å². The van der Waals surface area contributed by atoms with Crippen molar-refractivity contribution in [2.24, 2.45) is 5.92 Å². The first-order valence-corrected chi connectivity index (χ1v) is 16.6. The molecule has 2 aliphatic heterocycles. The maximum absolute atomic E-state index is 14.0. The maximum atomic E-state index is 14.0. The van der Waals surface area contributed by atoms with E-state index < -0.39 is 28.9 Å². The average molecular weight is 625 g/mol. The van der Waals surface area contributed by atoms with Crippen molar-refractivity contribution in [1.82, 2.24) is 9.80 Å². The Balaban J connectivity index is 1.25. The van der Waals surface area contributed by atoms with Gasteiger partial charge in [-0.25, -0.2) is 0 Å². The van der Waals surface area contributed by atoms with Crippen molar-refractivity contribution in [3.8, 4) is 11.5 Å². The lowest BCUT2D eigenvalue weighted by Crippen LogP contribution is -2.78. The minimum absolute atomic E-state index is 0.0178. The molecule has 2 aromatic rings. The van der Waals surface area contributed by atoms with Gasteiger partial charge in [0.05, 0.1) is 29.7 Å². The first-order chi connectivity index (χ1) is 21.6. The molecule has 1 spiro atoms. The lowest BCUT2D eigenvalue weighted by atomic mass is 9.48. The van der Waals surface area contributed by atoms with Crippen LogP contribution in [0.15, 0.2) is 42.5 Å². The van der Waals surface area contributed by atoms with E-state index in [-0.39, 0.29) is 18.0 Å². The van der Waals surface area contributed by atoms with E-state index in [0.717, 1.165) is 62.9 Å². The van der Waals surface area contributed by atoms with Crippen LogP contribution in [-0.2, 0) is 22.8 Å². The second-order valence-electron chi connectivity index (χ2n) is 13.8. The van der Waals surface area contributed by atoms with Gasteiger partial charge in [0, 0.05) is 30.8 Å². The molecule has 0 unspecified atom stereocenters. The number of aliphatic hydroxyl groups is 1. The number of benzene rings is 2. The van der Waals surface area contributed by atoms with Crippen molar-refractivity contribution in [3.05, 3.63) is 64.7 Å². The summed E-state index contributed by atoms with van der Waals surface area (Å²) in [5.41, 5.74) is 0.147. The molecular weight excluding hydrogens is 581 g/mol. The van der Waals surface area contributed by atoms with E-state index in [4.69, 9.17) is 9.47 Å². The van der Waals surface area contributed by atoms with Crippen molar-refractivity contribution in [2.45, 2.75) is 100 Å². The zero-order valence-electron chi connectivity index (χ0n) is 26.1. The van der Waals surface area contributed by atoms with Crippen molar-refractivity contribution in [3.63, 3.8) is 0 Å². The Morgan fingerprint density at radius 3 is 2.73 bits per heavy atom. The van der Waals surface area contributed by atoms with E-state index in [1.807, 2.05) is 11.0 Å². The van der Waals surface area contributed by atoms with Crippen LogP contribution in [0.2, 0.25) is 0 Å². The van der Waals surface area contributed by atoms with Crippen molar-refractivity contribution in [1.29, 1.82) is 0 Å². The van der Waals surface area contributed by atoms with E-state index in [1.54, 1.807) is 13.2 Å². The largest absolute Gasteiger partial charge is 0.493 e. The lowest BCUT2D eigenvalue weighted by molar-refractivity contribution is -0.201. The maximum Gasteiger partial charge on any atom is 0.416 e. The van der Waals surface area contributed by atoms with E-state index in [2.05, 4.69) is 17.9 Å². The number of rotatable bonds is 10. The molecule has 0 aromatic heterocycles. The van der Waals surface area contributed by atoms with Crippen LogP contribution in [0.25, 0.3) is 6.08 Å². The first-order valence-electron chi connectivity index (χ1n) is 16.6. The summed E-state index contributed by atoms with van der Waals surface area (Å²) in [4.78, 5) is 18.4. The lowest BCUT2D eigenvalue weighted by Gasteiger charge is -2.65. The van der Waals surface area contributed by atoms with Gasteiger partial charge in [0.15, 0.2) is 11.5 Å². The van der Waals surface area contributed by atoms with Gasteiger partial charge in [0.1, 0.15) is 6.10 Å². The highest BCUT2D eigenvalue weighted by atomic mass is 19.4. The molecule has 5 atom stereocenters. The fourth-order valence-electron chi connectivity index (χ4n) is 8.98. The predicted molar refractivity (Wildman–Crippen MR) is 165 cm³/mol. The predicted octanol–water partition coefficient (Wildman–Crippen LogP) is 6.38. The molecule has 5 aliphatic rings. The molecule has 3 aliphatic carbocycles. The van der Waals surface area contributed by atoms with Gasteiger partial charge in [-0.05, 0) is 92.8 Å². The highest BCUT2D eigenvalue weighted by molar-refractivity contribution is 5.92. The summed E-state index contributed by atoms with van der Waals surface area (Å²) in [6, 6.07) is 8.79. The highest BCUT2D eigenvalue weighted by Crippen LogP contribution is 2.66. The van der Waals surface area contributed by atoms with Crippen LogP contribution >= 0.6 is 0 Å². The molecule has 2 saturated carbocycles. The number of hydrogen-bond acceptors (Lipinski definition) is 5. The summed E-state index contributed by atoms with van der Waals surface area (Å²) < 4.78 is 52.7. The van der Waals surface area contributed by atoms with Crippen LogP contribution in [0.5, 0.6) is 11.5 Å². The molecule has 45 heavy (non-hydrogen) atoms. The molecule has 2 heterocycles. The van der Waals surface area contributed by atoms with Crippen LogP contribution in [0.1, 0.15) is 80.5 Å².